The summed E-state index contributed by atoms with van der Waals surface area (Å²) in [6.45, 7) is 3.72. The molecular weight excluding hydrogens is 394 g/mol. The van der Waals surface area contributed by atoms with Gasteiger partial charge in [-0.25, -0.2) is 0 Å². The predicted molar refractivity (Wildman–Crippen MR) is 128 cm³/mol. The Morgan fingerprint density at radius 3 is 2.53 bits per heavy atom. The Labute approximate surface area is 183 Å². The Kier molecular flexibility index (Phi) is 8.44. The van der Waals surface area contributed by atoms with Crippen molar-refractivity contribution in [1.82, 2.24) is 16.0 Å². The van der Waals surface area contributed by atoms with Crippen LogP contribution in [0.4, 0.5) is 5.69 Å². The Morgan fingerprint density at radius 2 is 1.83 bits per heavy atom. The van der Waals surface area contributed by atoms with Gasteiger partial charge in [-0.15, -0.1) is 0 Å². The largest absolute Gasteiger partial charge is 0.370 e. The van der Waals surface area contributed by atoms with Gasteiger partial charge in [0.05, 0.1) is 0 Å². The Hall–Kier alpha value is -2.67. The number of rotatable bonds is 7. The highest BCUT2D eigenvalue weighted by molar-refractivity contribution is 7.99. The van der Waals surface area contributed by atoms with Crippen molar-refractivity contribution in [1.29, 1.82) is 0 Å². The summed E-state index contributed by atoms with van der Waals surface area (Å²) in [5.41, 5.74) is 4.34. The average Bonchev–Trinajstić information content (AvgIpc) is 2.82. The Bertz CT molecular complexity index is 847. The number of benzene rings is 2. The van der Waals surface area contributed by atoms with Crippen LogP contribution < -0.4 is 20.9 Å². The second-order valence-corrected chi connectivity index (χ2v) is 8.37. The molecule has 0 spiro atoms. The molecular formula is C23H31N5OS. The summed E-state index contributed by atoms with van der Waals surface area (Å²) in [5, 5.41) is 9.37. The second-order valence-electron chi connectivity index (χ2n) is 7.15. The fourth-order valence-corrected chi connectivity index (χ4v) is 4.29. The number of amides is 1. The molecule has 1 aliphatic rings. The first-order valence-electron chi connectivity index (χ1n) is 10.4. The van der Waals surface area contributed by atoms with Crippen LogP contribution in [0.15, 0.2) is 53.5 Å². The van der Waals surface area contributed by atoms with E-state index in [2.05, 4.69) is 50.1 Å². The number of thioether (sulfide) groups is 1. The summed E-state index contributed by atoms with van der Waals surface area (Å²) in [6, 6.07) is 16.5. The number of hydrogen-bond acceptors (Lipinski definition) is 4. The van der Waals surface area contributed by atoms with E-state index >= 15 is 0 Å². The summed E-state index contributed by atoms with van der Waals surface area (Å²) in [7, 11) is 3.42. The number of carbonyl (C=O) groups excluding carboxylic acids is 1. The molecule has 3 N–H and O–H groups in total. The molecule has 0 bridgehead atoms. The summed E-state index contributed by atoms with van der Waals surface area (Å²) in [4.78, 5) is 18.5. The molecule has 0 saturated carbocycles. The van der Waals surface area contributed by atoms with Crippen molar-refractivity contribution < 1.29 is 4.79 Å². The van der Waals surface area contributed by atoms with E-state index in [1.807, 2.05) is 36.0 Å². The minimum atomic E-state index is -0.0625. The molecule has 0 radical (unpaired) electrons. The van der Waals surface area contributed by atoms with Crippen LogP contribution in [0.5, 0.6) is 0 Å². The smallest absolute Gasteiger partial charge is 0.251 e. The van der Waals surface area contributed by atoms with Crippen LogP contribution in [-0.2, 0) is 13.0 Å². The number of anilines is 1. The summed E-state index contributed by atoms with van der Waals surface area (Å²) < 4.78 is 0. The maximum atomic E-state index is 11.8. The minimum absolute atomic E-state index is 0.0625. The van der Waals surface area contributed by atoms with Gasteiger partial charge in [0.2, 0.25) is 0 Å². The third-order valence-corrected chi connectivity index (χ3v) is 6.06. The van der Waals surface area contributed by atoms with Crippen LogP contribution in [0.2, 0.25) is 0 Å². The molecule has 1 amide bonds. The van der Waals surface area contributed by atoms with Gasteiger partial charge in [0.25, 0.3) is 5.91 Å². The number of aliphatic imine (C=N–C) groups is 1. The lowest BCUT2D eigenvalue weighted by Gasteiger charge is -2.28. The second kappa shape index (κ2) is 11.5. The van der Waals surface area contributed by atoms with Crippen LogP contribution >= 0.6 is 11.8 Å². The van der Waals surface area contributed by atoms with Crippen LogP contribution in [0.3, 0.4) is 0 Å². The van der Waals surface area contributed by atoms with Crippen molar-refractivity contribution in [3.05, 3.63) is 65.2 Å². The molecule has 1 fully saturated rings. The van der Waals surface area contributed by atoms with E-state index in [0.717, 1.165) is 44.1 Å². The van der Waals surface area contributed by atoms with Crippen molar-refractivity contribution in [2.75, 3.05) is 50.1 Å². The van der Waals surface area contributed by atoms with Crippen LogP contribution in [-0.4, -0.2) is 57.1 Å². The molecule has 2 aromatic rings. The van der Waals surface area contributed by atoms with Gasteiger partial charge in [-0.1, -0.05) is 24.3 Å². The van der Waals surface area contributed by atoms with Crippen molar-refractivity contribution in [3.8, 4) is 0 Å². The molecule has 1 saturated heterocycles. The molecule has 1 aliphatic heterocycles. The summed E-state index contributed by atoms with van der Waals surface area (Å²) in [6.07, 6.45) is 0.814. The van der Waals surface area contributed by atoms with Crippen molar-refractivity contribution in [2.24, 2.45) is 4.99 Å². The van der Waals surface area contributed by atoms with E-state index in [1.165, 1.54) is 22.8 Å². The molecule has 0 atom stereocenters. The molecule has 0 aromatic heterocycles. The van der Waals surface area contributed by atoms with Gasteiger partial charge < -0.3 is 20.9 Å². The zero-order valence-corrected chi connectivity index (χ0v) is 18.6. The molecule has 160 valence electrons. The molecule has 0 aliphatic carbocycles. The molecule has 1 heterocycles. The first-order valence-corrected chi connectivity index (χ1v) is 11.5. The van der Waals surface area contributed by atoms with Gasteiger partial charge in [-0.3, -0.25) is 9.79 Å². The highest BCUT2D eigenvalue weighted by Crippen LogP contribution is 2.19. The van der Waals surface area contributed by atoms with E-state index in [-0.39, 0.29) is 5.91 Å². The Morgan fingerprint density at radius 1 is 1.07 bits per heavy atom. The van der Waals surface area contributed by atoms with Gasteiger partial charge in [0.1, 0.15) is 0 Å². The van der Waals surface area contributed by atoms with Crippen molar-refractivity contribution >= 4 is 29.3 Å². The lowest BCUT2D eigenvalue weighted by Crippen LogP contribution is -2.37. The number of nitrogens with zero attached hydrogens (tertiary/aromatic N) is 2. The standard InChI is InChI=1S/C23H31N5OS/c1-24-22(29)20-5-3-4-18(16-20)10-11-26-23(25-2)27-17-19-6-8-21(9-7-19)28-12-14-30-15-13-28/h3-9,16H,10-15,17H2,1-2H3,(H,24,29)(H2,25,26,27). The van der Waals surface area contributed by atoms with E-state index in [0.29, 0.717) is 5.56 Å². The first kappa shape index (κ1) is 22.0. The zero-order chi connectivity index (χ0) is 21.2. The zero-order valence-electron chi connectivity index (χ0n) is 17.8. The normalized spacial score (nSPS) is 14.3. The maximum Gasteiger partial charge on any atom is 0.251 e. The van der Waals surface area contributed by atoms with Gasteiger partial charge in [-0.05, 0) is 41.8 Å². The highest BCUT2D eigenvalue weighted by Gasteiger charge is 2.10. The number of nitrogens with one attached hydrogen (secondary N) is 3. The molecule has 7 heteroatoms. The van der Waals surface area contributed by atoms with Crippen LogP contribution in [0, 0.1) is 0 Å². The topological polar surface area (TPSA) is 68.8 Å². The van der Waals surface area contributed by atoms with E-state index in [4.69, 9.17) is 0 Å². The third kappa shape index (κ3) is 6.42. The quantitative estimate of drug-likeness (QED) is 0.470. The molecule has 6 nitrogen and oxygen atoms in total. The number of guanidine groups is 1. The summed E-state index contributed by atoms with van der Waals surface area (Å²) >= 11 is 2.03. The fraction of sp³-hybridized carbons (Fsp3) is 0.391. The highest BCUT2D eigenvalue weighted by atomic mass is 32.2. The number of carbonyl (C=O) groups is 1. The van der Waals surface area contributed by atoms with E-state index in [1.54, 1.807) is 14.1 Å². The average molecular weight is 426 g/mol. The van der Waals surface area contributed by atoms with E-state index in [9.17, 15) is 4.79 Å². The lowest BCUT2D eigenvalue weighted by atomic mass is 10.1. The monoisotopic (exact) mass is 425 g/mol. The first-order chi connectivity index (χ1) is 14.7. The van der Waals surface area contributed by atoms with E-state index < -0.39 is 0 Å². The summed E-state index contributed by atoms with van der Waals surface area (Å²) in [5.74, 6) is 3.13. The van der Waals surface area contributed by atoms with Crippen molar-refractivity contribution in [3.63, 3.8) is 0 Å². The van der Waals surface area contributed by atoms with Crippen LogP contribution in [0.1, 0.15) is 21.5 Å². The minimum Gasteiger partial charge on any atom is -0.370 e. The van der Waals surface area contributed by atoms with Crippen molar-refractivity contribution in [2.45, 2.75) is 13.0 Å². The lowest BCUT2D eigenvalue weighted by molar-refractivity contribution is 0.0963. The number of hydrogen-bond donors (Lipinski definition) is 3. The molecule has 3 rings (SSSR count). The fourth-order valence-electron chi connectivity index (χ4n) is 3.39. The molecule has 0 unspecified atom stereocenters. The maximum absolute atomic E-state index is 11.8. The molecule has 2 aromatic carbocycles. The Balaban J connectivity index is 1.44. The third-order valence-electron chi connectivity index (χ3n) is 5.12. The predicted octanol–water partition coefficient (Wildman–Crippen LogP) is 2.51. The SMILES string of the molecule is CN=C(NCCc1cccc(C(=O)NC)c1)NCc1ccc(N2CCSCC2)cc1. The van der Waals surface area contributed by atoms with Gasteiger partial charge >= 0.3 is 0 Å². The van der Waals surface area contributed by atoms with Gasteiger partial charge in [-0.2, -0.15) is 11.8 Å². The van der Waals surface area contributed by atoms with Crippen LogP contribution in [0.25, 0.3) is 0 Å². The van der Waals surface area contributed by atoms with Gasteiger partial charge in [0.15, 0.2) is 5.96 Å². The van der Waals surface area contributed by atoms with Gasteiger partial charge in [0, 0.05) is 63.0 Å². The molecule has 30 heavy (non-hydrogen) atoms.